The number of hydrogen-bond donors (Lipinski definition) is 2. The Morgan fingerprint density at radius 3 is 2.61 bits per heavy atom. The van der Waals surface area contributed by atoms with Crippen molar-refractivity contribution in [2.75, 3.05) is 40.0 Å². The lowest BCUT2D eigenvalue weighted by Gasteiger charge is -2.19. The van der Waals surface area contributed by atoms with E-state index in [4.69, 9.17) is 10.1 Å². The average Bonchev–Trinajstić information content (AvgIpc) is 3.24. The van der Waals surface area contributed by atoms with Gasteiger partial charge in [-0.1, -0.05) is 0 Å². The van der Waals surface area contributed by atoms with Crippen LogP contribution in [0.2, 0.25) is 0 Å². The molecule has 0 aliphatic carbocycles. The first-order chi connectivity index (χ1) is 13.2. The molecule has 1 aliphatic rings. The summed E-state index contributed by atoms with van der Waals surface area (Å²) in [6, 6.07) is 7.47. The molecule has 1 aliphatic heterocycles. The lowest BCUT2D eigenvalue weighted by molar-refractivity contribution is 0.356. The Kier molecular flexibility index (Phi) is 5.73. The highest BCUT2D eigenvalue weighted by Gasteiger charge is 2.31. The third-order valence-corrected chi connectivity index (χ3v) is 7.13. The summed E-state index contributed by atoms with van der Waals surface area (Å²) in [4.78, 5) is 6.10. The maximum absolute atomic E-state index is 12.0. The molecule has 1 aromatic heterocycles. The number of nitrogens with zero attached hydrogens (tertiary/aromatic N) is 3. The van der Waals surface area contributed by atoms with Crippen molar-refractivity contribution in [2.24, 2.45) is 0 Å². The number of ether oxygens (including phenoxy) is 1. The van der Waals surface area contributed by atoms with Gasteiger partial charge in [-0.25, -0.2) is 17.7 Å². The first-order valence-electron chi connectivity index (χ1n) is 8.49. The van der Waals surface area contributed by atoms with E-state index in [-0.39, 0.29) is 30.4 Å². The monoisotopic (exact) mass is 422 g/mol. The smallest absolute Gasteiger partial charge is 0.215 e. The van der Waals surface area contributed by atoms with Gasteiger partial charge in [-0.2, -0.15) is 0 Å². The van der Waals surface area contributed by atoms with Gasteiger partial charge in [0.25, 0.3) is 0 Å². The SMILES string of the molecule is COc1ccc(-c2csc(C3=C(O)CN(CCS(=O)(=O)N(C)C)C3=N)n2)cc1. The molecule has 10 heteroatoms. The van der Waals surface area contributed by atoms with E-state index >= 15 is 0 Å². The highest BCUT2D eigenvalue weighted by molar-refractivity contribution is 7.89. The summed E-state index contributed by atoms with van der Waals surface area (Å²) in [6.07, 6.45) is 0. The molecule has 0 bridgehead atoms. The highest BCUT2D eigenvalue weighted by atomic mass is 32.2. The second-order valence-corrected chi connectivity index (χ2v) is 9.62. The summed E-state index contributed by atoms with van der Waals surface area (Å²) >= 11 is 1.34. The predicted molar refractivity (Wildman–Crippen MR) is 110 cm³/mol. The van der Waals surface area contributed by atoms with Crippen LogP contribution in [0, 0.1) is 5.41 Å². The Bertz CT molecular complexity index is 1010. The lowest BCUT2D eigenvalue weighted by Crippen LogP contribution is -2.35. The fourth-order valence-corrected chi connectivity index (χ4v) is 4.45. The third kappa shape index (κ3) is 4.03. The van der Waals surface area contributed by atoms with Crippen molar-refractivity contribution in [2.45, 2.75) is 0 Å². The molecule has 150 valence electrons. The van der Waals surface area contributed by atoms with Gasteiger partial charge in [0.1, 0.15) is 22.4 Å². The van der Waals surface area contributed by atoms with Crippen LogP contribution in [0.4, 0.5) is 0 Å². The number of benzene rings is 1. The zero-order valence-corrected chi connectivity index (χ0v) is 17.5. The zero-order valence-electron chi connectivity index (χ0n) is 15.8. The molecule has 0 amide bonds. The number of methoxy groups -OCH3 is 1. The molecule has 1 aromatic carbocycles. The first-order valence-corrected chi connectivity index (χ1v) is 11.0. The quantitative estimate of drug-likeness (QED) is 0.709. The zero-order chi connectivity index (χ0) is 20.5. The number of thiazole rings is 1. The van der Waals surface area contributed by atoms with E-state index in [0.717, 1.165) is 21.3 Å². The second kappa shape index (κ2) is 7.90. The van der Waals surface area contributed by atoms with Crippen LogP contribution < -0.4 is 4.74 Å². The van der Waals surface area contributed by atoms with Gasteiger partial charge in [0.2, 0.25) is 10.0 Å². The van der Waals surface area contributed by atoms with Crippen molar-refractivity contribution in [3.63, 3.8) is 0 Å². The molecule has 0 saturated heterocycles. The number of amidine groups is 1. The molecule has 0 unspecified atom stereocenters. The summed E-state index contributed by atoms with van der Waals surface area (Å²) in [7, 11) is 1.18. The Labute approximate surface area is 168 Å². The van der Waals surface area contributed by atoms with E-state index in [9.17, 15) is 13.5 Å². The molecule has 2 heterocycles. The van der Waals surface area contributed by atoms with E-state index < -0.39 is 10.0 Å². The molecular weight excluding hydrogens is 400 g/mol. The van der Waals surface area contributed by atoms with Crippen LogP contribution in [0.3, 0.4) is 0 Å². The van der Waals surface area contributed by atoms with Gasteiger partial charge in [0.15, 0.2) is 0 Å². The Balaban J connectivity index is 1.76. The summed E-state index contributed by atoms with van der Waals surface area (Å²) in [5, 5.41) is 21.1. The number of aromatic nitrogens is 1. The predicted octanol–water partition coefficient (Wildman–Crippen LogP) is 2.27. The van der Waals surface area contributed by atoms with Crippen LogP contribution in [0.5, 0.6) is 5.75 Å². The molecule has 2 aromatic rings. The van der Waals surface area contributed by atoms with Gasteiger partial charge < -0.3 is 14.7 Å². The molecule has 3 rings (SSSR count). The largest absolute Gasteiger partial charge is 0.510 e. The Morgan fingerprint density at radius 1 is 1.32 bits per heavy atom. The summed E-state index contributed by atoms with van der Waals surface area (Å²) in [6.45, 7) is 0.234. The number of aliphatic hydroxyl groups is 1. The minimum atomic E-state index is -3.37. The van der Waals surface area contributed by atoms with Crippen molar-refractivity contribution in [1.82, 2.24) is 14.2 Å². The minimum Gasteiger partial charge on any atom is -0.510 e. The van der Waals surface area contributed by atoms with E-state index in [1.54, 1.807) is 12.0 Å². The molecule has 28 heavy (non-hydrogen) atoms. The summed E-state index contributed by atoms with van der Waals surface area (Å²) in [5.74, 6) is 0.739. The van der Waals surface area contributed by atoms with Crippen LogP contribution in [-0.4, -0.2) is 73.6 Å². The maximum atomic E-state index is 12.0. The van der Waals surface area contributed by atoms with Gasteiger partial charge in [0.05, 0.1) is 30.7 Å². The van der Waals surface area contributed by atoms with E-state index in [0.29, 0.717) is 10.6 Å². The molecular formula is C18H22N4O4S2. The fourth-order valence-electron chi connectivity index (χ4n) is 2.74. The molecule has 8 nitrogen and oxygen atoms in total. The van der Waals surface area contributed by atoms with Crippen molar-refractivity contribution in [3.05, 3.63) is 40.4 Å². The Morgan fingerprint density at radius 2 is 2.00 bits per heavy atom. The van der Waals surface area contributed by atoms with Crippen LogP contribution in [0.15, 0.2) is 35.4 Å². The maximum Gasteiger partial charge on any atom is 0.215 e. The summed E-state index contributed by atoms with van der Waals surface area (Å²) < 4.78 is 30.2. The topological polar surface area (TPSA) is 107 Å². The standard InChI is InChI=1S/C18H22N4O4S2/c1-21(2)28(24,25)9-8-22-10-15(23)16(17(22)19)18-20-14(11-27-18)12-4-6-13(26-3)7-5-12/h4-7,11,19,23H,8-10H2,1-3H3. The first kappa shape index (κ1) is 20.3. The molecule has 0 atom stereocenters. The van der Waals surface area contributed by atoms with E-state index in [2.05, 4.69) is 4.98 Å². The second-order valence-electron chi connectivity index (χ2n) is 6.46. The van der Waals surface area contributed by atoms with Crippen LogP contribution in [0.25, 0.3) is 16.8 Å². The fraction of sp³-hybridized carbons (Fsp3) is 0.333. The van der Waals surface area contributed by atoms with E-state index in [1.165, 1.54) is 25.4 Å². The van der Waals surface area contributed by atoms with Crippen LogP contribution >= 0.6 is 11.3 Å². The number of sulfonamides is 1. The van der Waals surface area contributed by atoms with Crippen LogP contribution in [0.1, 0.15) is 5.01 Å². The average molecular weight is 423 g/mol. The highest BCUT2D eigenvalue weighted by Crippen LogP contribution is 2.32. The number of aliphatic hydroxyl groups excluding tert-OH is 1. The number of nitrogens with one attached hydrogen (secondary N) is 1. The van der Waals surface area contributed by atoms with E-state index in [1.807, 2.05) is 29.6 Å². The van der Waals surface area contributed by atoms with Gasteiger partial charge in [-0.3, -0.25) is 5.41 Å². The molecule has 2 N–H and O–H groups in total. The lowest BCUT2D eigenvalue weighted by atomic mass is 10.1. The third-order valence-electron chi connectivity index (χ3n) is 4.46. The molecule has 0 saturated carbocycles. The molecule has 0 radical (unpaired) electrons. The van der Waals surface area contributed by atoms with Crippen LogP contribution in [-0.2, 0) is 10.0 Å². The minimum absolute atomic E-state index is 0.0304. The van der Waals surface area contributed by atoms with Gasteiger partial charge >= 0.3 is 0 Å². The van der Waals surface area contributed by atoms with Gasteiger partial charge in [-0.15, -0.1) is 11.3 Å². The normalized spacial score (nSPS) is 15.0. The molecule has 0 spiro atoms. The van der Waals surface area contributed by atoms with Gasteiger partial charge in [0, 0.05) is 31.6 Å². The van der Waals surface area contributed by atoms with Crippen molar-refractivity contribution < 1.29 is 18.3 Å². The number of rotatable bonds is 7. The number of hydrogen-bond acceptors (Lipinski definition) is 7. The van der Waals surface area contributed by atoms with Crippen molar-refractivity contribution in [1.29, 1.82) is 5.41 Å². The summed E-state index contributed by atoms with van der Waals surface area (Å²) in [5.41, 5.74) is 2.00. The van der Waals surface area contributed by atoms with Crippen molar-refractivity contribution in [3.8, 4) is 17.0 Å². The molecule has 0 fully saturated rings. The van der Waals surface area contributed by atoms with Gasteiger partial charge in [-0.05, 0) is 24.3 Å². The van der Waals surface area contributed by atoms with Crippen molar-refractivity contribution >= 4 is 32.8 Å². The Hall–Kier alpha value is -2.43.